The highest BCUT2D eigenvalue weighted by molar-refractivity contribution is 7.92. The lowest BCUT2D eigenvalue weighted by molar-refractivity contribution is 0.0597. The van der Waals surface area contributed by atoms with Crippen LogP contribution in [0.3, 0.4) is 0 Å². The minimum Gasteiger partial charge on any atom is -0.507 e. The molecule has 3 N–H and O–H groups in total. The summed E-state index contributed by atoms with van der Waals surface area (Å²) in [5.41, 5.74) is 1.13. The number of rotatable bonds is 4. The van der Waals surface area contributed by atoms with Gasteiger partial charge in [0.2, 0.25) is 0 Å². The molecule has 124 valence electrons. The molecule has 3 aromatic rings. The molecule has 2 aromatic carbocycles. The summed E-state index contributed by atoms with van der Waals surface area (Å²) in [5, 5.41) is 19.8. The lowest BCUT2D eigenvalue weighted by Crippen LogP contribution is -2.14. The Bertz CT molecular complexity index is 1030. The third-order valence-corrected chi connectivity index (χ3v) is 4.63. The van der Waals surface area contributed by atoms with Gasteiger partial charge in [0.15, 0.2) is 0 Å². The second-order valence-electron chi connectivity index (χ2n) is 4.80. The van der Waals surface area contributed by atoms with Crippen molar-refractivity contribution in [3.8, 4) is 5.75 Å². The van der Waals surface area contributed by atoms with Gasteiger partial charge in [0.1, 0.15) is 22.3 Å². The van der Waals surface area contributed by atoms with E-state index < -0.39 is 16.0 Å². The molecule has 9 nitrogen and oxygen atoms in total. The van der Waals surface area contributed by atoms with Gasteiger partial charge in [-0.3, -0.25) is 4.72 Å². The second-order valence-corrected chi connectivity index (χ2v) is 6.49. The van der Waals surface area contributed by atoms with Gasteiger partial charge in [0.25, 0.3) is 10.0 Å². The van der Waals surface area contributed by atoms with Crippen LogP contribution in [-0.4, -0.2) is 42.0 Å². The van der Waals surface area contributed by atoms with Crippen molar-refractivity contribution in [1.29, 1.82) is 0 Å². The number of esters is 1. The lowest BCUT2D eigenvalue weighted by Gasteiger charge is -2.10. The van der Waals surface area contributed by atoms with E-state index in [0.29, 0.717) is 11.0 Å². The molecule has 0 spiro atoms. The predicted octanol–water partition coefficient (Wildman–Crippen LogP) is 1.25. The van der Waals surface area contributed by atoms with Crippen LogP contribution in [0.4, 0.5) is 5.69 Å². The molecule has 1 aromatic heterocycles. The fourth-order valence-electron chi connectivity index (χ4n) is 2.07. The van der Waals surface area contributed by atoms with Crippen LogP contribution in [0.25, 0.3) is 11.0 Å². The van der Waals surface area contributed by atoms with Crippen molar-refractivity contribution in [1.82, 2.24) is 15.4 Å². The SMILES string of the molecule is COC(=O)c1cc(S(=O)(=O)Nc2ccc3n[nH]nc3c2)ccc1O. The number of nitrogens with zero attached hydrogens (tertiary/aromatic N) is 2. The van der Waals surface area contributed by atoms with E-state index in [1.165, 1.54) is 18.2 Å². The van der Waals surface area contributed by atoms with E-state index in [2.05, 4.69) is 24.9 Å². The zero-order valence-corrected chi connectivity index (χ0v) is 13.2. The summed E-state index contributed by atoms with van der Waals surface area (Å²) < 4.78 is 31.8. The van der Waals surface area contributed by atoms with Gasteiger partial charge in [-0.1, -0.05) is 0 Å². The first kappa shape index (κ1) is 15.7. The fourth-order valence-corrected chi connectivity index (χ4v) is 3.15. The molecular formula is C14H12N4O5S. The maximum absolute atomic E-state index is 12.5. The van der Waals surface area contributed by atoms with E-state index in [9.17, 15) is 18.3 Å². The highest BCUT2D eigenvalue weighted by Gasteiger charge is 2.20. The van der Waals surface area contributed by atoms with Gasteiger partial charge in [-0.2, -0.15) is 15.4 Å². The Kier molecular flexibility index (Phi) is 3.81. The van der Waals surface area contributed by atoms with Crippen molar-refractivity contribution in [2.45, 2.75) is 4.90 Å². The number of methoxy groups -OCH3 is 1. The van der Waals surface area contributed by atoms with E-state index in [1.54, 1.807) is 6.07 Å². The zero-order valence-electron chi connectivity index (χ0n) is 12.3. The van der Waals surface area contributed by atoms with Gasteiger partial charge in [-0.15, -0.1) is 0 Å². The summed E-state index contributed by atoms with van der Waals surface area (Å²) in [4.78, 5) is 11.4. The van der Waals surface area contributed by atoms with Crippen LogP contribution in [0.15, 0.2) is 41.3 Å². The number of aromatic amines is 1. The quantitative estimate of drug-likeness (QED) is 0.604. The molecule has 0 aliphatic rings. The molecule has 24 heavy (non-hydrogen) atoms. The summed E-state index contributed by atoms with van der Waals surface area (Å²) in [5.74, 6) is -1.21. The Morgan fingerprint density at radius 3 is 2.67 bits per heavy atom. The summed E-state index contributed by atoms with van der Waals surface area (Å²) in [6, 6.07) is 7.98. The minimum atomic E-state index is -3.97. The van der Waals surface area contributed by atoms with Gasteiger partial charge in [-0.05, 0) is 36.4 Å². The number of carbonyl (C=O) groups excluding carboxylic acids is 1. The number of hydrogen-bond donors (Lipinski definition) is 3. The maximum Gasteiger partial charge on any atom is 0.341 e. The lowest BCUT2D eigenvalue weighted by atomic mass is 10.2. The molecule has 0 bridgehead atoms. The molecule has 0 aliphatic heterocycles. The number of anilines is 1. The summed E-state index contributed by atoms with van der Waals surface area (Å²) in [6.45, 7) is 0. The largest absolute Gasteiger partial charge is 0.507 e. The number of sulfonamides is 1. The molecule has 0 fully saturated rings. The number of nitrogens with one attached hydrogen (secondary N) is 2. The minimum absolute atomic E-state index is 0.194. The number of H-pyrrole nitrogens is 1. The Labute approximate surface area is 136 Å². The topological polar surface area (TPSA) is 134 Å². The number of fused-ring (bicyclic) bond motifs is 1. The molecule has 10 heteroatoms. The van der Waals surface area contributed by atoms with Crippen LogP contribution >= 0.6 is 0 Å². The molecule has 0 saturated heterocycles. The highest BCUT2D eigenvalue weighted by atomic mass is 32.2. The Hall–Kier alpha value is -3.14. The van der Waals surface area contributed by atoms with E-state index in [0.717, 1.165) is 19.2 Å². The van der Waals surface area contributed by atoms with Gasteiger partial charge in [0, 0.05) is 0 Å². The van der Waals surface area contributed by atoms with Crippen LogP contribution in [-0.2, 0) is 14.8 Å². The van der Waals surface area contributed by atoms with Gasteiger partial charge in [-0.25, -0.2) is 13.2 Å². The number of benzene rings is 2. The first-order valence-electron chi connectivity index (χ1n) is 6.65. The molecule has 0 radical (unpaired) electrons. The normalized spacial score (nSPS) is 11.4. The average Bonchev–Trinajstić information content (AvgIpc) is 3.01. The molecule has 3 rings (SSSR count). The third-order valence-electron chi connectivity index (χ3n) is 3.25. The number of carbonyl (C=O) groups is 1. The van der Waals surface area contributed by atoms with E-state index in [1.807, 2.05) is 0 Å². The monoisotopic (exact) mass is 348 g/mol. The van der Waals surface area contributed by atoms with Crippen LogP contribution in [0.2, 0.25) is 0 Å². The van der Waals surface area contributed by atoms with Crippen molar-refractivity contribution in [3.63, 3.8) is 0 Å². The fraction of sp³-hybridized carbons (Fsp3) is 0.0714. The average molecular weight is 348 g/mol. The van der Waals surface area contributed by atoms with Gasteiger partial charge < -0.3 is 9.84 Å². The highest BCUT2D eigenvalue weighted by Crippen LogP contribution is 2.24. The molecule has 0 aliphatic carbocycles. The predicted molar refractivity (Wildman–Crippen MR) is 84.1 cm³/mol. The first-order valence-corrected chi connectivity index (χ1v) is 8.14. The van der Waals surface area contributed by atoms with Crippen molar-refractivity contribution < 1.29 is 23.1 Å². The van der Waals surface area contributed by atoms with Crippen molar-refractivity contribution in [3.05, 3.63) is 42.0 Å². The molecular weight excluding hydrogens is 336 g/mol. The molecule has 0 atom stereocenters. The van der Waals surface area contributed by atoms with E-state index in [-0.39, 0.29) is 21.9 Å². The smallest absolute Gasteiger partial charge is 0.341 e. The van der Waals surface area contributed by atoms with Crippen LogP contribution in [0, 0.1) is 0 Å². The number of ether oxygens (including phenoxy) is 1. The van der Waals surface area contributed by atoms with Crippen molar-refractivity contribution >= 4 is 32.7 Å². The first-order chi connectivity index (χ1) is 11.4. The molecule has 0 unspecified atom stereocenters. The van der Waals surface area contributed by atoms with Crippen molar-refractivity contribution in [2.24, 2.45) is 0 Å². The van der Waals surface area contributed by atoms with Crippen LogP contribution < -0.4 is 4.72 Å². The van der Waals surface area contributed by atoms with E-state index in [4.69, 9.17) is 0 Å². The Morgan fingerprint density at radius 2 is 1.92 bits per heavy atom. The second kappa shape index (κ2) is 5.81. The summed E-state index contributed by atoms with van der Waals surface area (Å²) in [7, 11) is -2.84. The summed E-state index contributed by atoms with van der Waals surface area (Å²) in [6.07, 6.45) is 0. The van der Waals surface area contributed by atoms with Gasteiger partial charge in [0.05, 0.1) is 17.7 Å². The number of phenols is 1. The molecule has 0 saturated carbocycles. The van der Waals surface area contributed by atoms with Crippen molar-refractivity contribution in [2.75, 3.05) is 11.8 Å². The standard InChI is InChI=1S/C14H12N4O5S/c1-23-14(20)10-7-9(3-5-13(10)19)24(21,22)17-8-2-4-11-12(6-8)16-18-15-11/h2-7,17,19H,1H3,(H,15,16,18). The van der Waals surface area contributed by atoms with Gasteiger partial charge >= 0.3 is 5.97 Å². The number of phenolic OH excluding ortho intramolecular Hbond substituents is 1. The van der Waals surface area contributed by atoms with Crippen LogP contribution in [0.5, 0.6) is 5.75 Å². The maximum atomic E-state index is 12.5. The van der Waals surface area contributed by atoms with E-state index >= 15 is 0 Å². The molecule has 0 amide bonds. The zero-order chi connectivity index (χ0) is 17.3. The number of aromatic hydroxyl groups is 1. The third kappa shape index (κ3) is 2.86. The summed E-state index contributed by atoms with van der Waals surface area (Å²) >= 11 is 0. The molecule has 1 heterocycles. The Morgan fingerprint density at radius 1 is 1.17 bits per heavy atom. The van der Waals surface area contributed by atoms with Crippen LogP contribution in [0.1, 0.15) is 10.4 Å². The number of hydrogen-bond acceptors (Lipinski definition) is 7. The Balaban J connectivity index is 1.96. The number of aromatic nitrogens is 3.